The van der Waals surface area contributed by atoms with Crippen LogP contribution in [0.15, 0.2) is 71.8 Å². The van der Waals surface area contributed by atoms with Crippen LogP contribution in [0.3, 0.4) is 0 Å². The molecular weight excluding hydrogens is 311 g/mol. The number of rotatable bonds is 7. The molecular formula is C25H35B. The van der Waals surface area contributed by atoms with Crippen LogP contribution in [-0.4, -0.2) is 6.71 Å². The summed E-state index contributed by atoms with van der Waals surface area (Å²) in [7, 11) is 0. The summed E-state index contributed by atoms with van der Waals surface area (Å²) in [5.74, 6) is 0.195. The Kier molecular flexibility index (Phi) is 8.15. The second-order valence-electron chi connectivity index (χ2n) is 7.47. The van der Waals surface area contributed by atoms with Crippen LogP contribution in [0.25, 0.3) is 0 Å². The van der Waals surface area contributed by atoms with Gasteiger partial charge in [0.25, 0.3) is 0 Å². The van der Waals surface area contributed by atoms with E-state index in [4.69, 9.17) is 0 Å². The van der Waals surface area contributed by atoms with Crippen molar-refractivity contribution in [3.05, 3.63) is 88.5 Å². The van der Waals surface area contributed by atoms with Gasteiger partial charge in [-0.05, 0) is 61.2 Å². The Hall–Kier alpha value is -2.02. The third-order valence-corrected chi connectivity index (χ3v) is 5.24. The van der Waals surface area contributed by atoms with Gasteiger partial charge in [-0.15, -0.1) is 13.2 Å². The first-order chi connectivity index (χ1) is 12.2. The zero-order valence-electron chi connectivity index (χ0n) is 18.0. The van der Waals surface area contributed by atoms with E-state index in [1.165, 1.54) is 38.8 Å². The van der Waals surface area contributed by atoms with E-state index >= 15 is 0 Å². The van der Waals surface area contributed by atoms with Crippen LogP contribution >= 0.6 is 0 Å². The summed E-state index contributed by atoms with van der Waals surface area (Å²) in [6, 6.07) is 4.59. The molecule has 0 saturated carbocycles. The number of aryl methyl sites for hydroxylation is 3. The second-order valence-corrected chi connectivity index (χ2v) is 7.47. The van der Waals surface area contributed by atoms with Gasteiger partial charge in [0.1, 0.15) is 0 Å². The quantitative estimate of drug-likeness (QED) is 0.288. The van der Waals surface area contributed by atoms with E-state index in [1.54, 1.807) is 0 Å². The van der Waals surface area contributed by atoms with E-state index in [0.717, 1.165) is 5.57 Å². The molecule has 0 heterocycles. The zero-order chi connectivity index (χ0) is 20.0. The minimum Gasteiger partial charge on any atom is -0.103 e. The van der Waals surface area contributed by atoms with Crippen molar-refractivity contribution in [3.8, 4) is 0 Å². The van der Waals surface area contributed by atoms with Gasteiger partial charge in [-0.25, -0.2) is 0 Å². The Morgan fingerprint density at radius 3 is 1.96 bits per heavy atom. The average molecular weight is 346 g/mol. The molecule has 1 heteroatoms. The molecule has 138 valence electrons. The highest BCUT2D eigenvalue weighted by atomic mass is 14.1. The first kappa shape index (κ1) is 22.0. The molecule has 1 unspecified atom stereocenters. The Bertz CT molecular complexity index is 748. The second kappa shape index (κ2) is 9.62. The molecule has 0 saturated heterocycles. The lowest BCUT2D eigenvalue weighted by Crippen LogP contribution is -2.41. The fourth-order valence-electron chi connectivity index (χ4n) is 4.10. The summed E-state index contributed by atoms with van der Waals surface area (Å²) >= 11 is 0. The Morgan fingerprint density at radius 1 is 1.04 bits per heavy atom. The van der Waals surface area contributed by atoms with Crippen LogP contribution in [0.1, 0.15) is 51.3 Å². The molecule has 1 atom stereocenters. The van der Waals surface area contributed by atoms with Gasteiger partial charge >= 0.3 is 0 Å². The molecule has 0 aliphatic heterocycles. The summed E-state index contributed by atoms with van der Waals surface area (Å²) in [6.45, 7) is 26.0. The topological polar surface area (TPSA) is 0 Å². The minimum atomic E-state index is 0.195. The lowest BCUT2D eigenvalue weighted by molar-refractivity contribution is 1.17. The maximum atomic E-state index is 4.29. The van der Waals surface area contributed by atoms with Gasteiger partial charge in [0.05, 0.1) is 0 Å². The Morgan fingerprint density at radius 2 is 1.58 bits per heavy atom. The average Bonchev–Trinajstić information content (AvgIpc) is 2.54. The van der Waals surface area contributed by atoms with Crippen molar-refractivity contribution in [2.75, 3.05) is 0 Å². The van der Waals surface area contributed by atoms with Crippen molar-refractivity contribution in [3.63, 3.8) is 0 Å². The molecule has 0 nitrogen and oxygen atoms in total. The molecule has 0 bridgehead atoms. The highest BCUT2D eigenvalue weighted by Crippen LogP contribution is 2.32. The molecule has 0 N–H and O–H groups in total. The fraction of sp³-hybridized carbons (Fsp3) is 0.360. The van der Waals surface area contributed by atoms with Gasteiger partial charge in [-0.1, -0.05) is 80.8 Å². The van der Waals surface area contributed by atoms with Gasteiger partial charge in [-0.2, -0.15) is 0 Å². The highest BCUT2D eigenvalue weighted by molar-refractivity contribution is 6.83. The number of hydrogen-bond acceptors (Lipinski definition) is 0. The Balaban J connectivity index is 3.96. The van der Waals surface area contributed by atoms with Crippen LogP contribution in [0.2, 0.25) is 5.82 Å². The lowest BCUT2D eigenvalue weighted by atomic mass is 9.29. The summed E-state index contributed by atoms with van der Waals surface area (Å²) < 4.78 is 0. The molecule has 0 aromatic heterocycles. The monoisotopic (exact) mass is 346 g/mol. The van der Waals surface area contributed by atoms with Crippen LogP contribution in [-0.2, 0) is 0 Å². The number of allylic oxidation sites excluding steroid dienone is 8. The SMILES string of the molecule is C=CC(B(C(/C(C)=C\C)=C(C)/C=C/C)c1c(C)cc(C)cc1C)C(=C)C. The van der Waals surface area contributed by atoms with Crippen molar-refractivity contribution in [1.82, 2.24) is 0 Å². The molecule has 0 spiro atoms. The fourth-order valence-corrected chi connectivity index (χ4v) is 4.10. The standard InChI is InChI=1S/C25H35B/c1-11-14-20(8)24(19(7)12-2)26(23(13-3)17(4)5)25-21(9)15-18(6)16-22(25)10/h11-16,23H,3-4H2,1-2,5-10H3/b14-11+,19-12-,24-20+. The molecule has 26 heavy (non-hydrogen) atoms. The smallest absolute Gasteiger partial charge is 0.103 e. The summed E-state index contributed by atoms with van der Waals surface area (Å²) in [6.07, 6.45) is 8.62. The lowest BCUT2D eigenvalue weighted by Gasteiger charge is -2.30. The van der Waals surface area contributed by atoms with E-state index in [2.05, 4.69) is 105 Å². The predicted octanol–water partition coefficient (Wildman–Crippen LogP) is 6.84. The van der Waals surface area contributed by atoms with Crippen LogP contribution in [0, 0.1) is 20.8 Å². The summed E-state index contributed by atoms with van der Waals surface area (Å²) in [4.78, 5) is 0. The molecule has 1 aromatic rings. The van der Waals surface area contributed by atoms with E-state index in [0.29, 0.717) is 0 Å². The van der Waals surface area contributed by atoms with Gasteiger partial charge in [-0.3, -0.25) is 0 Å². The van der Waals surface area contributed by atoms with Gasteiger partial charge in [0.15, 0.2) is 0 Å². The third-order valence-electron chi connectivity index (χ3n) is 5.24. The largest absolute Gasteiger partial charge is 0.221 e. The van der Waals surface area contributed by atoms with Crippen molar-refractivity contribution < 1.29 is 0 Å². The third kappa shape index (κ3) is 4.78. The zero-order valence-corrected chi connectivity index (χ0v) is 18.0. The molecule has 0 amide bonds. The molecule has 0 aliphatic carbocycles. The predicted molar refractivity (Wildman–Crippen MR) is 122 cm³/mol. The van der Waals surface area contributed by atoms with E-state index in [1.807, 2.05) is 0 Å². The van der Waals surface area contributed by atoms with Crippen LogP contribution < -0.4 is 5.46 Å². The number of hydrogen-bond donors (Lipinski definition) is 0. The summed E-state index contributed by atoms with van der Waals surface area (Å²) in [5.41, 5.74) is 10.6. The number of benzene rings is 1. The molecule has 1 aromatic carbocycles. The first-order valence-electron chi connectivity index (χ1n) is 9.51. The van der Waals surface area contributed by atoms with E-state index in [9.17, 15) is 0 Å². The normalized spacial score (nSPS) is 14.2. The molecule has 0 aliphatic rings. The van der Waals surface area contributed by atoms with E-state index in [-0.39, 0.29) is 12.5 Å². The highest BCUT2D eigenvalue weighted by Gasteiger charge is 2.33. The van der Waals surface area contributed by atoms with Crippen LogP contribution in [0.4, 0.5) is 0 Å². The van der Waals surface area contributed by atoms with E-state index < -0.39 is 0 Å². The molecule has 0 fully saturated rings. The Labute approximate surface area is 162 Å². The summed E-state index contributed by atoms with van der Waals surface area (Å²) in [5, 5.41) is 0. The van der Waals surface area contributed by atoms with Crippen molar-refractivity contribution in [1.29, 1.82) is 0 Å². The maximum Gasteiger partial charge on any atom is 0.221 e. The first-order valence-corrected chi connectivity index (χ1v) is 9.51. The maximum absolute atomic E-state index is 4.29. The minimum absolute atomic E-state index is 0.195. The van der Waals surface area contributed by atoms with Crippen LogP contribution in [0.5, 0.6) is 0 Å². The molecule has 0 radical (unpaired) electrons. The van der Waals surface area contributed by atoms with Crippen molar-refractivity contribution >= 4 is 12.2 Å². The van der Waals surface area contributed by atoms with Crippen molar-refractivity contribution in [2.45, 2.75) is 61.2 Å². The van der Waals surface area contributed by atoms with Gasteiger partial charge in [0.2, 0.25) is 6.71 Å². The van der Waals surface area contributed by atoms with Gasteiger partial charge in [0, 0.05) is 0 Å². The van der Waals surface area contributed by atoms with Gasteiger partial charge < -0.3 is 0 Å². The molecule has 1 rings (SSSR count). The van der Waals surface area contributed by atoms with Crippen molar-refractivity contribution in [2.24, 2.45) is 0 Å².